The lowest BCUT2D eigenvalue weighted by molar-refractivity contribution is 0.357. The zero-order chi connectivity index (χ0) is 18.2. The van der Waals surface area contributed by atoms with Crippen LogP contribution in [0.2, 0.25) is 0 Å². The molecular formula is C25H20O2. The van der Waals surface area contributed by atoms with Crippen LogP contribution in [0.3, 0.4) is 0 Å². The van der Waals surface area contributed by atoms with Crippen molar-refractivity contribution in [3.8, 4) is 5.75 Å². The number of fused-ring (bicyclic) bond motifs is 2. The molecule has 0 aromatic heterocycles. The van der Waals surface area contributed by atoms with Gasteiger partial charge in [-0.25, -0.2) is 0 Å². The Labute approximate surface area is 159 Å². The number of hydrogen-bond acceptors (Lipinski definition) is 2. The summed E-state index contributed by atoms with van der Waals surface area (Å²) in [7, 11) is 1.72. The standard InChI is InChI=1S/C25H20O2/c1-26-19-12-13-20-21-14-15-23(17-8-4-2-5-9-17)27-25(21)24(22(20)16-19)18-10-6-3-7-11-18/h2-13,15-16,24H,14H2,1H3. The van der Waals surface area contributed by atoms with Crippen molar-refractivity contribution in [3.05, 3.63) is 113 Å². The van der Waals surface area contributed by atoms with Gasteiger partial charge in [0.15, 0.2) is 0 Å². The van der Waals surface area contributed by atoms with Gasteiger partial charge in [-0.05, 0) is 41.3 Å². The lowest BCUT2D eigenvalue weighted by Crippen LogP contribution is -2.06. The Morgan fingerprint density at radius 2 is 1.63 bits per heavy atom. The predicted octanol–water partition coefficient (Wildman–Crippen LogP) is 6.01. The molecule has 27 heavy (non-hydrogen) atoms. The van der Waals surface area contributed by atoms with E-state index in [2.05, 4.69) is 60.7 Å². The molecule has 0 saturated heterocycles. The van der Waals surface area contributed by atoms with Gasteiger partial charge in [0.2, 0.25) is 0 Å². The van der Waals surface area contributed by atoms with Crippen LogP contribution in [0.25, 0.3) is 11.3 Å². The minimum atomic E-state index is 0.0960. The van der Waals surface area contributed by atoms with Crippen LogP contribution in [0.15, 0.2) is 90.7 Å². The summed E-state index contributed by atoms with van der Waals surface area (Å²) in [4.78, 5) is 0. The fraction of sp³-hybridized carbons (Fsp3) is 0.120. The largest absolute Gasteiger partial charge is 0.497 e. The molecule has 1 unspecified atom stereocenters. The second-order valence-electron chi connectivity index (χ2n) is 6.88. The third-order valence-electron chi connectivity index (χ3n) is 5.36. The first-order valence-electron chi connectivity index (χ1n) is 9.25. The molecule has 2 nitrogen and oxygen atoms in total. The summed E-state index contributed by atoms with van der Waals surface area (Å²) >= 11 is 0. The zero-order valence-corrected chi connectivity index (χ0v) is 15.2. The van der Waals surface area contributed by atoms with Gasteiger partial charge >= 0.3 is 0 Å². The van der Waals surface area contributed by atoms with Crippen LogP contribution >= 0.6 is 0 Å². The topological polar surface area (TPSA) is 18.5 Å². The Bertz CT molecular complexity index is 1050. The van der Waals surface area contributed by atoms with Gasteiger partial charge < -0.3 is 9.47 Å². The Balaban J connectivity index is 1.61. The maximum Gasteiger partial charge on any atom is 0.130 e. The van der Waals surface area contributed by atoms with Gasteiger partial charge in [-0.3, -0.25) is 0 Å². The molecule has 2 aliphatic rings. The average molecular weight is 352 g/mol. The van der Waals surface area contributed by atoms with E-state index in [1.807, 2.05) is 24.3 Å². The number of methoxy groups -OCH3 is 1. The van der Waals surface area contributed by atoms with Crippen molar-refractivity contribution in [2.45, 2.75) is 12.3 Å². The van der Waals surface area contributed by atoms with Gasteiger partial charge in [-0.2, -0.15) is 0 Å². The monoisotopic (exact) mass is 352 g/mol. The molecule has 1 heterocycles. The maximum atomic E-state index is 6.52. The molecule has 0 saturated carbocycles. The molecule has 1 aliphatic heterocycles. The van der Waals surface area contributed by atoms with E-state index in [4.69, 9.17) is 9.47 Å². The second-order valence-corrected chi connectivity index (χ2v) is 6.88. The van der Waals surface area contributed by atoms with Crippen LogP contribution in [-0.2, 0) is 4.74 Å². The fourth-order valence-electron chi connectivity index (χ4n) is 4.07. The predicted molar refractivity (Wildman–Crippen MR) is 108 cm³/mol. The van der Waals surface area contributed by atoms with Crippen LogP contribution in [-0.4, -0.2) is 7.11 Å². The summed E-state index contributed by atoms with van der Waals surface area (Å²) in [6, 6.07) is 27.2. The number of hydrogen-bond donors (Lipinski definition) is 0. The van der Waals surface area contributed by atoms with Crippen molar-refractivity contribution in [2.75, 3.05) is 7.11 Å². The number of rotatable bonds is 3. The van der Waals surface area contributed by atoms with Crippen molar-refractivity contribution < 1.29 is 9.47 Å². The minimum Gasteiger partial charge on any atom is -0.497 e. The highest BCUT2D eigenvalue weighted by Gasteiger charge is 2.36. The van der Waals surface area contributed by atoms with Crippen LogP contribution in [0, 0.1) is 0 Å². The SMILES string of the molecule is COc1ccc2c(c1)C(c1ccccc1)C1=C2CC=C(c2ccccc2)O1. The highest BCUT2D eigenvalue weighted by Crippen LogP contribution is 2.51. The molecule has 0 fully saturated rings. The first-order valence-corrected chi connectivity index (χ1v) is 9.25. The molecule has 3 aromatic rings. The van der Waals surface area contributed by atoms with E-state index in [1.54, 1.807) is 7.11 Å². The Morgan fingerprint density at radius 1 is 0.889 bits per heavy atom. The molecule has 3 aromatic carbocycles. The fourth-order valence-corrected chi connectivity index (χ4v) is 4.07. The highest BCUT2D eigenvalue weighted by molar-refractivity contribution is 5.84. The van der Waals surface area contributed by atoms with Crippen molar-refractivity contribution in [2.24, 2.45) is 0 Å². The Hall–Kier alpha value is -3.26. The van der Waals surface area contributed by atoms with Gasteiger partial charge in [0.25, 0.3) is 0 Å². The third-order valence-corrected chi connectivity index (χ3v) is 5.36. The van der Waals surface area contributed by atoms with E-state index in [9.17, 15) is 0 Å². The summed E-state index contributed by atoms with van der Waals surface area (Å²) in [5, 5.41) is 0. The summed E-state index contributed by atoms with van der Waals surface area (Å²) in [5.74, 6) is 2.96. The Morgan fingerprint density at radius 3 is 2.37 bits per heavy atom. The molecule has 0 amide bonds. The van der Waals surface area contributed by atoms with E-state index >= 15 is 0 Å². The average Bonchev–Trinajstić information content (AvgIpc) is 3.07. The molecule has 0 spiro atoms. The van der Waals surface area contributed by atoms with E-state index in [-0.39, 0.29) is 5.92 Å². The second kappa shape index (κ2) is 6.48. The lowest BCUT2D eigenvalue weighted by Gasteiger charge is -2.23. The molecule has 0 bridgehead atoms. The quantitative estimate of drug-likeness (QED) is 0.574. The van der Waals surface area contributed by atoms with Crippen LogP contribution in [0.4, 0.5) is 0 Å². The third kappa shape index (κ3) is 2.65. The molecule has 5 rings (SSSR count). The van der Waals surface area contributed by atoms with E-state index in [0.29, 0.717) is 0 Å². The van der Waals surface area contributed by atoms with E-state index < -0.39 is 0 Å². The number of benzene rings is 3. The molecular weight excluding hydrogens is 332 g/mol. The van der Waals surface area contributed by atoms with Crippen molar-refractivity contribution in [3.63, 3.8) is 0 Å². The van der Waals surface area contributed by atoms with E-state index in [0.717, 1.165) is 29.3 Å². The number of allylic oxidation sites excluding steroid dienone is 3. The molecule has 132 valence electrons. The Kier molecular flexibility index (Phi) is 3.83. The molecule has 0 N–H and O–H groups in total. The first kappa shape index (κ1) is 16.0. The van der Waals surface area contributed by atoms with Crippen LogP contribution in [0.1, 0.15) is 34.6 Å². The summed E-state index contributed by atoms with van der Waals surface area (Å²) in [6.07, 6.45) is 3.07. The van der Waals surface area contributed by atoms with Crippen molar-refractivity contribution >= 4 is 11.3 Å². The summed E-state index contributed by atoms with van der Waals surface area (Å²) in [5.41, 5.74) is 6.16. The van der Waals surface area contributed by atoms with E-state index in [1.165, 1.54) is 22.3 Å². The zero-order valence-electron chi connectivity index (χ0n) is 15.2. The highest BCUT2D eigenvalue weighted by atomic mass is 16.5. The van der Waals surface area contributed by atoms with Gasteiger partial charge in [-0.1, -0.05) is 66.7 Å². The van der Waals surface area contributed by atoms with Crippen LogP contribution < -0.4 is 4.74 Å². The molecule has 0 radical (unpaired) electrons. The smallest absolute Gasteiger partial charge is 0.130 e. The molecule has 1 atom stereocenters. The normalized spacial score (nSPS) is 17.7. The summed E-state index contributed by atoms with van der Waals surface area (Å²) < 4.78 is 12.0. The molecule has 1 aliphatic carbocycles. The first-order chi connectivity index (χ1) is 13.3. The minimum absolute atomic E-state index is 0.0960. The maximum absolute atomic E-state index is 6.52. The van der Waals surface area contributed by atoms with Gasteiger partial charge in [-0.15, -0.1) is 0 Å². The van der Waals surface area contributed by atoms with Gasteiger partial charge in [0.1, 0.15) is 17.3 Å². The van der Waals surface area contributed by atoms with Gasteiger partial charge in [0, 0.05) is 11.1 Å². The lowest BCUT2D eigenvalue weighted by atomic mass is 9.92. The van der Waals surface area contributed by atoms with Crippen molar-refractivity contribution in [1.82, 2.24) is 0 Å². The van der Waals surface area contributed by atoms with Gasteiger partial charge in [0.05, 0.1) is 13.0 Å². The van der Waals surface area contributed by atoms with Crippen molar-refractivity contribution in [1.29, 1.82) is 0 Å². The van der Waals surface area contributed by atoms with Crippen LogP contribution in [0.5, 0.6) is 5.75 Å². The molecule has 2 heteroatoms. The summed E-state index contributed by atoms with van der Waals surface area (Å²) in [6.45, 7) is 0. The number of ether oxygens (including phenoxy) is 2.